The number of hydrogen-bond acceptors (Lipinski definition) is 3. The topological polar surface area (TPSA) is 60.0 Å². The third kappa shape index (κ3) is 6.78. The van der Waals surface area contributed by atoms with Crippen molar-refractivity contribution in [1.29, 1.82) is 0 Å². The zero-order valence-electron chi connectivity index (χ0n) is 17.3. The van der Waals surface area contributed by atoms with Crippen LogP contribution >= 0.6 is 0 Å². The molecular formula is C20H39N5O. The third-order valence-electron chi connectivity index (χ3n) is 5.83. The Morgan fingerprint density at radius 1 is 1.15 bits per heavy atom. The summed E-state index contributed by atoms with van der Waals surface area (Å²) in [4.78, 5) is 20.7. The Balaban J connectivity index is 1.85. The summed E-state index contributed by atoms with van der Waals surface area (Å²) in [5.74, 6) is 0.813. The predicted molar refractivity (Wildman–Crippen MR) is 108 cm³/mol. The molecule has 0 spiro atoms. The molecule has 0 aromatic heterocycles. The van der Waals surface area contributed by atoms with Crippen LogP contribution in [0, 0.1) is 0 Å². The molecule has 2 rings (SSSR count). The minimum Gasteiger partial charge on any atom is -0.354 e. The van der Waals surface area contributed by atoms with E-state index in [-0.39, 0.29) is 12.5 Å². The molecule has 1 aliphatic heterocycles. The molecule has 1 heterocycles. The Labute approximate surface area is 159 Å². The van der Waals surface area contributed by atoms with Gasteiger partial charge in [-0.2, -0.15) is 0 Å². The van der Waals surface area contributed by atoms with Crippen LogP contribution in [0.4, 0.5) is 0 Å². The SMILES string of the molecule is CCC(C)NC(=NCC(=O)N(C)C)NC1CCN(C2CCCCC2)CC1. The molecule has 2 fully saturated rings. The lowest BCUT2D eigenvalue weighted by Gasteiger charge is -2.39. The van der Waals surface area contributed by atoms with Crippen molar-refractivity contribution in [1.82, 2.24) is 20.4 Å². The molecule has 1 aliphatic carbocycles. The zero-order valence-corrected chi connectivity index (χ0v) is 17.3. The molecule has 150 valence electrons. The maximum atomic E-state index is 11.9. The second-order valence-electron chi connectivity index (χ2n) is 8.15. The predicted octanol–water partition coefficient (Wildman–Crippen LogP) is 2.21. The van der Waals surface area contributed by atoms with Crippen LogP contribution in [0.25, 0.3) is 0 Å². The number of piperidine rings is 1. The van der Waals surface area contributed by atoms with Gasteiger partial charge in [-0.25, -0.2) is 4.99 Å². The summed E-state index contributed by atoms with van der Waals surface area (Å²) < 4.78 is 0. The van der Waals surface area contributed by atoms with Gasteiger partial charge >= 0.3 is 0 Å². The molecule has 26 heavy (non-hydrogen) atoms. The van der Waals surface area contributed by atoms with Gasteiger partial charge in [-0.05, 0) is 39.0 Å². The van der Waals surface area contributed by atoms with Crippen molar-refractivity contribution in [3.63, 3.8) is 0 Å². The van der Waals surface area contributed by atoms with E-state index >= 15 is 0 Å². The van der Waals surface area contributed by atoms with Crippen molar-refractivity contribution in [2.24, 2.45) is 4.99 Å². The van der Waals surface area contributed by atoms with E-state index in [1.807, 2.05) is 0 Å². The summed E-state index contributed by atoms with van der Waals surface area (Å²) in [5, 5.41) is 7.02. The Hall–Kier alpha value is -1.30. The lowest BCUT2D eigenvalue weighted by atomic mass is 9.92. The number of guanidine groups is 1. The molecule has 1 atom stereocenters. The monoisotopic (exact) mass is 365 g/mol. The lowest BCUT2D eigenvalue weighted by Crippen LogP contribution is -2.52. The molecule has 0 bridgehead atoms. The quantitative estimate of drug-likeness (QED) is 0.560. The molecule has 0 aromatic carbocycles. The standard InChI is InChI=1S/C20H39N5O/c1-5-16(2)22-20(21-15-19(26)24(3)4)23-17-11-13-25(14-12-17)18-9-7-6-8-10-18/h16-18H,5-15H2,1-4H3,(H2,21,22,23). The number of carbonyl (C=O) groups is 1. The maximum absolute atomic E-state index is 11.9. The molecule has 1 saturated heterocycles. The van der Waals surface area contributed by atoms with Crippen molar-refractivity contribution in [2.45, 2.75) is 83.3 Å². The molecule has 2 aliphatic rings. The number of carbonyl (C=O) groups excluding carboxylic acids is 1. The Morgan fingerprint density at radius 3 is 2.38 bits per heavy atom. The van der Waals surface area contributed by atoms with Crippen LogP contribution < -0.4 is 10.6 Å². The van der Waals surface area contributed by atoms with Crippen molar-refractivity contribution in [2.75, 3.05) is 33.7 Å². The number of nitrogens with one attached hydrogen (secondary N) is 2. The summed E-state index contributed by atoms with van der Waals surface area (Å²) in [7, 11) is 3.54. The third-order valence-corrected chi connectivity index (χ3v) is 5.83. The van der Waals surface area contributed by atoms with E-state index in [1.54, 1.807) is 19.0 Å². The van der Waals surface area contributed by atoms with Crippen LogP contribution in [0.3, 0.4) is 0 Å². The molecule has 1 saturated carbocycles. The molecule has 6 heteroatoms. The number of aliphatic imine (C=N–C) groups is 1. The van der Waals surface area contributed by atoms with Gasteiger partial charge in [0.05, 0.1) is 0 Å². The molecule has 2 N–H and O–H groups in total. The van der Waals surface area contributed by atoms with Gasteiger partial charge in [0.1, 0.15) is 6.54 Å². The van der Waals surface area contributed by atoms with Gasteiger partial charge in [-0.15, -0.1) is 0 Å². The van der Waals surface area contributed by atoms with Gasteiger partial charge in [0.2, 0.25) is 5.91 Å². The first-order valence-corrected chi connectivity index (χ1v) is 10.5. The highest BCUT2D eigenvalue weighted by molar-refractivity contribution is 5.85. The van der Waals surface area contributed by atoms with E-state index in [1.165, 1.54) is 45.2 Å². The zero-order chi connectivity index (χ0) is 18.9. The average Bonchev–Trinajstić information content (AvgIpc) is 2.66. The van der Waals surface area contributed by atoms with Crippen LogP contribution in [-0.4, -0.2) is 73.5 Å². The van der Waals surface area contributed by atoms with Crippen LogP contribution in [-0.2, 0) is 4.79 Å². The summed E-state index contributed by atoms with van der Waals surface area (Å²) in [6, 6.07) is 1.60. The second-order valence-corrected chi connectivity index (χ2v) is 8.15. The van der Waals surface area contributed by atoms with Gasteiger partial charge in [0.15, 0.2) is 5.96 Å². The van der Waals surface area contributed by atoms with Crippen LogP contribution in [0.2, 0.25) is 0 Å². The molecular weight excluding hydrogens is 326 g/mol. The van der Waals surface area contributed by atoms with Crippen molar-refractivity contribution >= 4 is 11.9 Å². The van der Waals surface area contributed by atoms with Gasteiger partial charge in [0.25, 0.3) is 0 Å². The van der Waals surface area contributed by atoms with Gasteiger partial charge < -0.3 is 20.4 Å². The molecule has 0 aromatic rings. The van der Waals surface area contributed by atoms with E-state index in [0.29, 0.717) is 12.1 Å². The summed E-state index contributed by atoms with van der Waals surface area (Å²) in [6.07, 6.45) is 10.3. The largest absolute Gasteiger partial charge is 0.354 e. The minimum atomic E-state index is 0.0300. The summed E-state index contributed by atoms with van der Waals surface area (Å²) in [6.45, 7) is 6.85. The van der Waals surface area contributed by atoms with Crippen molar-refractivity contribution in [3.05, 3.63) is 0 Å². The van der Waals surface area contributed by atoms with E-state index in [9.17, 15) is 4.79 Å². The highest BCUT2D eigenvalue weighted by Gasteiger charge is 2.26. The van der Waals surface area contributed by atoms with E-state index < -0.39 is 0 Å². The maximum Gasteiger partial charge on any atom is 0.243 e. The highest BCUT2D eigenvalue weighted by atomic mass is 16.2. The molecule has 6 nitrogen and oxygen atoms in total. The first kappa shape index (κ1) is 21.0. The number of nitrogens with zero attached hydrogens (tertiary/aromatic N) is 3. The Morgan fingerprint density at radius 2 is 1.81 bits per heavy atom. The number of likely N-dealkylation sites (N-methyl/N-ethyl adjacent to an activating group) is 1. The summed E-state index contributed by atoms with van der Waals surface area (Å²) in [5.41, 5.74) is 0. The van der Waals surface area contributed by atoms with E-state index in [4.69, 9.17) is 0 Å². The van der Waals surface area contributed by atoms with Gasteiger partial charge in [0, 0.05) is 45.3 Å². The molecule has 0 radical (unpaired) electrons. The number of amides is 1. The highest BCUT2D eigenvalue weighted by Crippen LogP contribution is 2.25. The first-order valence-electron chi connectivity index (χ1n) is 10.5. The molecule has 1 amide bonds. The normalized spacial score (nSPS) is 22.1. The number of likely N-dealkylation sites (tertiary alicyclic amines) is 1. The second kappa shape index (κ2) is 10.8. The summed E-state index contributed by atoms with van der Waals surface area (Å²) >= 11 is 0. The fourth-order valence-corrected chi connectivity index (χ4v) is 3.80. The van der Waals surface area contributed by atoms with E-state index in [2.05, 4.69) is 34.4 Å². The number of hydrogen-bond donors (Lipinski definition) is 2. The lowest BCUT2D eigenvalue weighted by molar-refractivity contribution is -0.127. The van der Waals surface area contributed by atoms with Crippen molar-refractivity contribution < 1.29 is 4.79 Å². The Bertz CT molecular complexity index is 451. The van der Waals surface area contributed by atoms with Crippen molar-refractivity contribution in [3.8, 4) is 0 Å². The van der Waals surface area contributed by atoms with Crippen LogP contribution in [0.5, 0.6) is 0 Å². The Kier molecular flexibility index (Phi) is 8.69. The van der Waals surface area contributed by atoms with Gasteiger partial charge in [-0.3, -0.25) is 4.79 Å². The first-order chi connectivity index (χ1) is 12.5. The van der Waals surface area contributed by atoms with Crippen LogP contribution in [0.1, 0.15) is 65.2 Å². The minimum absolute atomic E-state index is 0.0300. The smallest absolute Gasteiger partial charge is 0.243 e. The number of rotatable bonds is 6. The van der Waals surface area contributed by atoms with E-state index in [0.717, 1.165) is 31.3 Å². The average molecular weight is 366 g/mol. The fraction of sp³-hybridized carbons (Fsp3) is 0.900. The van der Waals surface area contributed by atoms with Gasteiger partial charge in [-0.1, -0.05) is 26.2 Å². The molecule has 1 unspecified atom stereocenters. The van der Waals surface area contributed by atoms with Crippen LogP contribution in [0.15, 0.2) is 4.99 Å². The fourth-order valence-electron chi connectivity index (χ4n) is 3.80.